The molecule has 6 nitrogen and oxygen atoms in total. The Bertz CT molecular complexity index is 782. The van der Waals surface area contributed by atoms with Crippen LogP contribution < -0.4 is 0 Å². The van der Waals surface area contributed by atoms with Gasteiger partial charge in [-0.3, -0.25) is 4.79 Å². The van der Waals surface area contributed by atoms with Gasteiger partial charge in [0.05, 0.1) is 23.9 Å². The number of hydrogen-bond acceptors (Lipinski definition) is 4. The zero-order valence-electron chi connectivity index (χ0n) is 16.3. The molecule has 2 fully saturated rings. The molecule has 2 aromatic rings. The minimum absolute atomic E-state index is 0.123. The van der Waals surface area contributed by atoms with Gasteiger partial charge in [0.25, 0.3) is 0 Å². The Morgan fingerprint density at radius 2 is 2.04 bits per heavy atom. The van der Waals surface area contributed by atoms with E-state index in [0.717, 1.165) is 56.2 Å². The second-order valence-electron chi connectivity index (χ2n) is 7.80. The summed E-state index contributed by atoms with van der Waals surface area (Å²) in [5.41, 5.74) is 2.83. The number of likely N-dealkylation sites (tertiary alicyclic amines) is 1. The lowest BCUT2D eigenvalue weighted by Gasteiger charge is -2.31. The highest BCUT2D eigenvalue weighted by Gasteiger charge is 2.26. The second-order valence-corrected chi connectivity index (χ2v) is 7.80. The molecule has 27 heavy (non-hydrogen) atoms. The summed E-state index contributed by atoms with van der Waals surface area (Å²) < 4.78 is 8.10. The molecule has 0 aromatic carbocycles. The first-order valence-electron chi connectivity index (χ1n) is 10.2. The molecule has 1 atom stereocenters. The monoisotopic (exact) mass is 370 g/mol. The highest BCUT2D eigenvalue weighted by molar-refractivity contribution is 5.79. The van der Waals surface area contributed by atoms with E-state index in [0.29, 0.717) is 13.0 Å². The van der Waals surface area contributed by atoms with Gasteiger partial charge in [0.15, 0.2) is 0 Å². The Kier molecular flexibility index (Phi) is 5.74. The summed E-state index contributed by atoms with van der Waals surface area (Å²) in [6, 6.07) is 5.94. The van der Waals surface area contributed by atoms with E-state index in [-0.39, 0.29) is 12.0 Å². The molecule has 2 saturated heterocycles. The van der Waals surface area contributed by atoms with Gasteiger partial charge in [-0.05, 0) is 51.4 Å². The van der Waals surface area contributed by atoms with E-state index in [1.165, 1.54) is 19.3 Å². The van der Waals surface area contributed by atoms with Crippen LogP contribution in [0, 0.1) is 6.92 Å². The Hall–Kier alpha value is -1.92. The van der Waals surface area contributed by atoms with Crippen molar-refractivity contribution in [3.63, 3.8) is 0 Å². The van der Waals surface area contributed by atoms with Crippen LogP contribution in [0.2, 0.25) is 0 Å². The molecular formula is C21H30N4O2. The third-order valence-corrected chi connectivity index (χ3v) is 5.76. The van der Waals surface area contributed by atoms with Crippen LogP contribution in [-0.4, -0.2) is 70.5 Å². The van der Waals surface area contributed by atoms with E-state index in [4.69, 9.17) is 4.74 Å². The standard InChI is InChI=1S/C21H30N4O2/c1-17-19(25-12-6-3-8-20(25)22-17)14-21(26)24-11-7-13-27-18(16-24)15-23-9-4-2-5-10-23/h3,6,8,12,18H,2,4-5,7,9-11,13-16H2,1H3. The van der Waals surface area contributed by atoms with Crippen LogP contribution in [0.4, 0.5) is 0 Å². The summed E-state index contributed by atoms with van der Waals surface area (Å²) in [4.78, 5) is 22.2. The number of rotatable bonds is 4. The number of imidazole rings is 1. The third kappa shape index (κ3) is 4.33. The van der Waals surface area contributed by atoms with Crippen molar-refractivity contribution in [2.75, 3.05) is 39.3 Å². The van der Waals surface area contributed by atoms with Crippen molar-refractivity contribution in [2.45, 2.75) is 45.1 Å². The minimum Gasteiger partial charge on any atom is -0.375 e. The predicted octanol–water partition coefficient (Wildman–Crippen LogP) is 2.29. The third-order valence-electron chi connectivity index (χ3n) is 5.76. The molecule has 4 rings (SSSR count). The number of nitrogens with zero attached hydrogens (tertiary/aromatic N) is 4. The molecule has 6 heteroatoms. The first-order chi connectivity index (χ1) is 13.2. The number of hydrogen-bond donors (Lipinski definition) is 0. The molecule has 146 valence electrons. The summed E-state index contributed by atoms with van der Waals surface area (Å²) in [6.45, 7) is 7.48. The Morgan fingerprint density at radius 3 is 2.89 bits per heavy atom. The van der Waals surface area contributed by atoms with Crippen LogP contribution in [0.25, 0.3) is 5.65 Å². The highest BCUT2D eigenvalue weighted by atomic mass is 16.5. The van der Waals surface area contributed by atoms with Crippen molar-refractivity contribution in [2.24, 2.45) is 0 Å². The molecule has 0 spiro atoms. The maximum absolute atomic E-state index is 13.1. The number of amides is 1. The maximum atomic E-state index is 13.1. The molecule has 0 N–H and O–H groups in total. The molecule has 0 aliphatic carbocycles. The van der Waals surface area contributed by atoms with Gasteiger partial charge in [-0.25, -0.2) is 4.98 Å². The predicted molar refractivity (Wildman–Crippen MR) is 105 cm³/mol. The van der Waals surface area contributed by atoms with Gasteiger partial charge in [0, 0.05) is 32.4 Å². The minimum atomic E-state index is 0.123. The lowest BCUT2D eigenvalue weighted by molar-refractivity contribution is -0.131. The molecule has 0 radical (unpaired) electrons. The fourth-order valence-corrected chi connectivity index (χ4v) is 4.29. The van der Waals surface area contributed by atoms with Crippen LogP contribution in [0.3, 0.4) is 0 Å². The second kappa shape index (κ2) is 8.40. The van der Waals surface area contributed by atoms with Crippen molar-refractivity contribution in [1.29, 1.82) is 0 Å². The number of aromatic nitrogens is 2. The number of piperidine rings is 1. The average molecular weight is 370 g/mol. The fraction of sp³-hybridized carbons (Fsp3) is 0.619. The molecule has 0 saturated carbocycles. The Labute approximate surface area is 161 Å². The largest absolute Gasteiger partial charge is 0.375 e. The van der Waals surface area contributed by atoms with Crippen molar-refractivity contribution >= 4 is 11.6 Å². The van der Waals surface area contributed by atoms with Crippen molar-refractivity contribution in [3.8, 4) is 0 Å². The summed E-state index contributed by atoms with van der Waals surface area (Å²) in [7, 11) is 0. The van der Waals surface area contributed by atoms with E-state index in [1.54, 1.807) is 0 Å². The number of fused-ring (bicyclic) bond motifs is 1. The van der Waals surface area contributed by atoms with Gasteiger partial charge in [0.2, 0.25) is 5.91 Å². The summed E-state index contributed by atoms with van der Waals surface area (Å²) in [6.07, 6.45) is 7.32. The number of carbonyl (C=O) groups is 1. The van der Waals surface area contributed by atoms with Crippen molar-refractivity contribution in [1.82, 2.24) is 19.2 Å². The highest BCUT2D eigenvalue weighted by Crippen LogP contribution is 2.16. The van der Waals surface area contributed by atoms with Crippen LogP contribution >= 0.6 is 0 Å². The Morgan fingerprint density at radius 1 is 1.19 bits per heavy atom. The van der Waals surface area contributed by atoms with Gasteiger partial charge >= 0.3 is 0 Å². The zero-order chi connectivity index (χ0) is 18.6. The molecule has 0 bridgehead atoms. The SMILES string of the molecule is Cc1nc2ccccn2c1CC(=O)N1CCCOC(CN2CCCCC2)C1. The molecule has 2 aliphatic heterocycles. The van der Waals surface area contributed by atoms with Gasteiger partial charge in [-0.2, -0.15) is 0 Å². The zero-order valence-corrected chi connectivity index (χ0v) is 16.3. The van der Waals surface area contributed by atoms with Crippen LogP contribution in [0.5, 0.6) is 0 Å². The summed E-state index contributed by atoms with van der Waals surface area (Å²) in [5.74, 6) is 0.179. The average Bonchev–Trinajstić information content (AvgIpc) is 2.84. The van der Waals surface area contributed by atoms with E-state index >= 15 is 0 Å². The van der Waals surface area contributed by atoms with Crippen molar-refractivity contribution < 1.29 is 9.53 Å². The first kappa shape index (κ1) is 18.4. The van der Waals surface area contributed by atoms with Gasteiger partial charge in [0.1, 0.15) is 5.65 Å². The smallest absolute Gasteiger partial charge is 0.228 e. The molecule has 2 aliphatic rings. The number of carbonyl (C=O) groups excluding carboxylic acids is 1. The Balaban J connectivity index is 1.42. The van der Waals surface area contributed by atoms with E-state index in [1.807, 2.05) is 40.6 Å². The maximum Gasteiger partial charge on any atom is 0.228 e. The number of ether oxygens (including phenoxy) is 1. The van der Waals surface area contributed by atoms with E-state index in [9.17, 15) is 4.79 Å². The topological polar surface area (TPSA) is 50.1 Å². The summed E-state index contributed by atoms with van der Waals surface area (Å²) in [5, 5.41) is 0. The quantitative estimate of drug-likeness (QED) is 0.829. The number of pyridine rings is 1. The lowest BCUT2D eigenvalue weighted by Crippen LogP contribution is -2.44. The van der Waals surface area contributed by atoms with Gasteiger partial charge in [-0.15, -0.1) is 0 Å². The first-order valence-corrected chi connectivity index (χ1v) is 10.2. The van der Waals surface area contributed by atoms with E-state index < -0.39 is 0 Å². The molecular weight excluding hydrogens is 340 g/mol. The van der Waals surface area contributed by atoms with E-state index in [2.05, 4.69) is 9.88 Å². The van der Waals surface area contributed by atoms with Crippen LogP contribution in [0.1, 0.15) is 37.1 Å². The van der Waals surface area contributed by atoms with Crippen LogP contribution in [-0.2, 0) is 16.0 Å². The fourth-order valence-electron chi connectivity index (χ4n) is 4.29. The molecule has 1 amide bonds. The normalized spacial score (nSPS) is 22.1. The van der Waals surface area contributed by atoms with Crippen LogP contribution in [0.15, 0.2) is 24.4 Å². The summed E-state index contributed by atoms with van der Waals surface area (Å²) >= 11 is 0. The molecule has 4 heterocycles. The van der Waals surface area contributed by atoms with Gasteiger partial charge in [-0.1, -0.05) is 12.5 Å². The molecule has 2 aromatic heterocycles. The van der Waals surface area contributed by atoms with Gasteiger partial charge < -0.3 is 18.9 Å². The lowest BCUT2D eigenvalue weighted by atomic mass is 10.1. The number of aryl methyl sites for hydroxylation is 1. The molecule has 1 unspecified atom stereocenters. The van der Waals surface area contributed by atoms with Crippen molar-refractivity contribution in [3.05, 3.63) is 35.8 Å².